The third-order valence-electron chi connectivity index (χ3n) is 3.35. The highest BCUT2D eigenvalue weighted by Gasteiger charge is 2.12. The number of benzene rings is 1. The van der Waals surface area contributed by atoms with Crippen LogP contribution < -0.4 is 5.73 Å². The van der Waals surface area contributed by atoms with Crippen LogP contribution in [-0.2, 0) is 4.74 Å². The number of nitrogen functional groups attached to an aromatic ring is 1. The predicted molar refractivity (Wildman–Crippen MR) is 79.2 cm³/mol. The van der Waals surface area contributed by atoms with Crippen LogP contribution in [0.25, 0.3) is 0 Å². The predicted octanol–water partition coefficient (Wildman–Crippen LogP) is 4.23. The molecule has 0 spiro atoms. The summed E-state index contributed by atoms with van der Waals surface area (Å²) in [4.78, 5) is 11.8. The van der Waals surface area contributed by atoms with Gasteiger partial charge in [0, 0.05) is 11.3 Å². The number of esters is 1. The molecule has 1 aromatic carbocycles. The van der Waals surface area contributed by atoms with Gasteiger partial charge in [-0.2, -0.15) is 0 Å². The van der Waals surface area contributed by atoms with Gasteiger partial charge in [-0.15, -0.1) is 0 Å². The normalized spacial score (nSPS) is 10.6. The highest BCUT2D eigenvalue weighted by molar-refractivity contribution is 5.90. The highest BCUT2D eigenvalue weighted by Crippen LogP contribution is 2.18. The first-order chi connectivity index (χ1) is 9.56. The molecule has 0 fully saturated rings. The molecule has 112 valence electrons. The number of unbranched alkanes of at least 4 members (excludes halogenated alkanes) is 5. The molecular weight excluding hydrogens is 257 g/mol. The molecule has 3 nitrogen and oxygen atoms in total. The summed E-state index contributed by atoms with van der Waals surface area (Å²) >= 11 is 0. The second-order valence-corrected chi connectivity index (χ2v) is 5.08. The molecule has 1 rings (SSSR count). The molecule has 0 aliphatic rings. The third-order valence-corrected chi connectivity index (χ3v) is 3.35. The van der Waals surface area contributed by atoms with E-state index < -0.39 is 11.8 Å². The van der Waals surface area contributed by atoms with Crippen molar-refractivity contribution < 1.29 is 13.9 Å². The van der Waals surface area contributed by atoms with Crippen molar-refractivity contribution in [2.45, 2.75) is 52.4 Å². The zero-order chi connectivity index (χ0) is 15.0. The second-order valence-electron chi connectivity index (χ2n) is 5.08. The maximum Gasteiger partial charge on any atom is 0.338 e. The van der Waals surface area contributed by atoms with Crippen molar-refractivity contribution in [1.82, 2.24) is 0 Å². The van der Waals surface area contributed by atoms with Gasteiger partial charge in [0.25, 0.3) is 0 Å². The van der Waals surface area contributed by atoms with Gasteiger partial charge in [-0.3, -0.25) is 0 Å². The van der Waals surface area contributed by atoms with Crippen molar-refractivity contribution in [3.63, 3.8) is 0 Å². The van der Waals surface area contributed by atoms with Crippen LogP contribution in [0.3, 0.4) is 0 Å². The Morgan fingerprint density at radius 1 is 1.20 bits per heavy atom. The Morgan fingerprint density at radius 3 is 2.50 bits per heavy atom. The van der Waals surface area contributed by atoms with E-state index in [0.29, 0.717) is 12.2 Å². The van der Waals surface area contributed by atoms with E-state index in [1.54, 1.807) is 6.92 Å². The summed E-state index contributed by atoms with van der Waals surface area (Å²) in [6.07, 6.45) is 6.76. The molecule has 0 radical (unpaired) electrons. The summed E-state index contributed by atoms with van der Waals surface area (Å²) < 4.78 is 18.6. The first kappa shape index (κ1) is 16.5. The number of hydrogen-bond donors (Lipinski definition) is 1. The molecule has 0 aliphatic carbocycles. The molecule has 0 aliphatic heterocycles. The maximum absolute atomic E-state index is 13.5. The fraction of sp³-hybridized carbons (Fsp3) is 0.562. The minimum atomic E-state index is -0.510. The summed E-state index contributed by atoms with van der Waals surface area (Å²) in [6.45, 7) is 4.13. The Balaban J connectivity index is 2.33. The summed E-state index contributed by atoms with van der Waals surface area (Å²) in [6, 6.07) is 2.64. The third kappa shape index (κ3) is 5.19. The number of nitrogens with two attached hydrogens (primary N) is 1. The summed E-state index contributed by atoms with van der Waals surface area (Å²) in [5.41, 5.74) is 6.45. The van der Waals surface area contributed by atoms with Crippen molar-refractivity contribution in [3.8, 4) is 0 Å². The van der Waals surface area contributed by atoms with Crippen LogP contribution in [-0.4, -0.2) is 12.6 Å². The molecule has 1 aromatic rings. The minimum absolute atomic E-state index is 0.177. The number of carbonyl (C=O) groups excluding carboxylic acids is 1. The van der Waals surface area contributed by atoms with Gasteiger partial charge in [-0.25, -0.2) is 9.18 Å². The van der Waals surface area contributed by atoms with Crippen LogP contribution in [0.4, 0.5) is 10.1 Å². The molecule has 0 unspecified atom stereocenters. The van der Waals surface area contributed by atoms with Gasteiger partial charge < -0.3 is 10.5 Å². The summed E-state index contributed by atoms with van der Waals surface area (Å²) in [7, 11) is 0. The van der Waals surface area contributed by atoms with Gasteiger partial charge >= 0.3 is 5.97 Å². The molecule has 0 saturated carbocycles. The Hall–Kier alpha value is -1.58. The van der Waals surface area contributed by atoms with Crippen molar-refractivity contribution in [3.05, 3.63) is 29.1 Å². The Morgan fingerprint density at radius 2 is 1.85 bits per heavy atom. The van der Waals surface area contributed by atoms with E-state index in [2.05, 4.69) is 6.92 Å². The van der Waals surface area contributed by atoms with Gasteiger partial charge in [0.15, 0.2) is 0 Å². The van der Waals surface area contributed by atoms with Gasteiger partial charge in [-0.1, -0.05) is 39.0 Å². The largest absolute Gasteiger partial charge is 0.462 e. The van der Waals surface area contributed by atoms with E-state index >= 15 is 0 Å². The first-order valence-electron chi connectivity index (χ1n) is 7.29. The van der Waals surface area contributed by atoms with Crippen molar-refractivity contribution in [2.75, 3.05) is 12.3 Å². The lowest BCUT2D eigenvalue weighted by molar-refractivity contribution is 0.0497. The van der Waals surface area contributed by atoms with Crippen molar-refractivity contribution in [2.24, 2.45) is 0 Å². The van der Waals surface area contributed by atoms with Crippen molar-refractivity contribution in [1.29, 1.82) is 0 Å². The van der Waals surface area contributed by atoms with Gasteiger partial charge in [0.05, 0.1) is 12.2 Å². The lowest BCUT2D eigenvalue weighted by Crippen LogP contribution is -2.08. The van der Waals surface area contributed by atoms with Gasteiger partial charge in [0.2, 0.25) is 0 Å². The van der Waals surface area contributed by atoms with E-state index in [-0.39, 0.29) is 11.3 Å². The Bertz CT molecular complexity index is 423. The molecule has 2 N–H and O–H groups in total. The molecule has 0 atom stereocenters. The summed E-state index contributed by atoms with van der Waals surface area (Å²) in [5, 5.41) is 0. The van der Waals surface area contributed by atoms with Crippen molar-refractivity contribution >= 4 is 11.7 Å². The molecule has 20 heavy (non-hydrogen) atoms. The highest BCUT2D eigenvalue weighted by atomic mass is 19.1. The quantitative estimate of drug-likeness (QED) is 0.440. The molecule has 0 saturated heterocycles. The molecule has 0 heterocycles. The molecule has 0 bridgehead atoms. The summed E-state index contributed by atoms with van der Waals surface area (Å²) in [5.74, 6) is -0.985. The number of halogens is 1. The molecular formula is C16H24FNO2. The van der Waals surface area contributed by atoms with Gasteiger partial charge in [0.1, 0.15) is 5.82 Å². The first-order valence-corrected chi connectivity index (χ1v) is 7.29. The van der Waals surface area contributed by atoms with Crippen LogP contribution in [0.15, 0.2) is 12.1 Å². The fourth-order valence-electron chi connectivity index (χ4n) is 1.95. The number of hydrogen-bond acceptors (Lipinski definition) is 3. The average Bonchev–Trinajstić information content (AvgIpc) is 2.43. The molecule has 4 heteroatoms. The Kier molecular flexibility index (Phi) is 7.05. The van der Waals surface area contributed by atoms with E-state index in [1.165, 1.54) is 31.4 Å². The number of rotatable bonds is 8. The zero-order valence-corrected chi connectivity index (χ0v) is 12.4. The number of ether oxygens (including phenoxy) is 1. The van der Waals surface area contributed by atoms with Crippen LogP contribution in [0, 0.1) is 12.7 Å². The fourth-order valence-corrected chi connectivity index (χ4v) is 1.95. The number of carbonyl (C=O) groups is 1. The maximum atomic E-state index is 13.5. The lowest BCUT2D eigenvalue weighted by Gasteiger charge is -2.07. The van der Waals surface area contributed by atoms with Crippen LogP contribution >= 0.6 is 0 Å². The monoisotopic (exact) mass is 281 g/mol. The van der Waals surface area contributed by atoms with E-state index in [0.717, 1.165) is 19.3 Å². The topological polar surface area (TPSA) is 52.3 Å². The minimum Gasteiger partial charge on any atom is -0.462 e. The molecule has 0 aromatic heterocycles. The van der Waals surface area contributed by atoms with Crippen LogP contribution in [0.5, 0.6) is 0 Å². The lowest BCUT2D eigenvalue weighted by atomic mass is 10.1. The number of anilines is 1. The van der Waals surface area contributed by atoms with E-state index in [9.17, 15) is 9.18 Å². The SMILES string of the molecule is CCCCCCCCOC(=O)c1cc(N)c(C)c(F)c1. The van der Waals surface area contributed by atoms with E-state index in [4.69, 9.17) is 10.5 Å². The van der Waals surface area contributed by atoms with Crippen LogP contribution in [0.2, 0.25) is 0 Å². The van der Waals surface area contributed by atoms with Gasteiger partial charge in [-0.05, 0) is 25.5 Å². The Labute approximate surface area is 120 Å². The standard InChI is InChI=1S/C16H24FNO2/c1-3-4-5-6-7-8-9-20-16(19)13-10-14(17)12(2)15(18)11-13/h10-11H,3-9,18H2,1-2H3. The zero-order valence-electron chi connectivity index (χ0n) is 12.4. The van der Waals surface area contributed by atoms with E-state index in [1.807, 2.05) is 0 Å². The second kappa shape index (κ2) is 8.56. The average molecular weight is 281 g/mol. The smallest absolute Gasteiger partial charge is 0.338 e. The molecule has 0 amide bonds. The van der Waals surface area contributed by atoms with Crippen LogP contribution in [0.1, 0.15) is 61.4 Å².